The van der Waals surface area contributed by atoms with Gasteiger partial charge >= 0.3 is 0 Å². The maximum atomic E-state index is 3.96. The highest BCUT2D eigenvalue weighted by atomic mass is 14.9. The first-order valence-corrected chi connectivity index (χ1v) is 4.90. The highest BCUT2D eigenvalue weighted by Gasteiger charge is 2.24. The van der Waals surface area contributed by atoms with E-state index >= 15 is 0 Å². The summed E-state index contributed by atoms with van der Waals surface area (Å²) in [6.07, 6.45) is 5.43. The van der Waals surface area contributed by atoms with Crippen molar-refractivity contribution in [2.75, 3.05) is 7.05 Å². The Labute approximate surface area is 82.9 Å². The zero-order chi connectivity index (χ0) is 10.5. The molecule has 0 aromatic heterocycles. The van der Waals surface area contributed by atoms with Crippen LogP contribution in [0.25, 0.3) is 0 Å². The minimum atomic E-state index is 0.144. The summed E-state index contributed by atoms with van der Waals surface area (Å²) >= 11 is 0. The second kappa shape index (κ2) is 5.23. The molecule has 0 aliphatic heterocycles. The Morgan fingerprint density at radius 1 is 1.54 bits per heavy atom. The van der Waals surface area contributed by atoms with Gasteiger partial charge in [-0.1, -0.05) is 17.7 Å². The highest BCUT2D eigenvalue weighted by Crippen LogP contribution is 2.24. The highest BCUT2D eigenvalue weighted by molar-refractivity contribution is 5.04. The second-order valence-corrected chi connectivity index (χ2v) is 4.27. The molecular weight excluding hydrogens is 158 g/mol. The van der Waals surface area contributed by atoms with Crippen LogP contribution in [0.3, 0.4) is 0 Å². The summed E-state index contributed by atoms with van der Waals surface area (Å²) in [5.74, 6) is 0.528. The van der Waals surface area contributed by atoms with Crippen molar-refractivity contribution in [3.05, 3.63) is 24.3 Å². The molecule has 0 fully saturated rings. The van der Waals surface area contributed by atoms with Crippen molar-refractivity contribution < 1.29 is 0 Å². The van der Waals surface area contributed by atoms with Gasteiger partial charge in [0.15, 0.2) is 0 Å². The molecule has 0 aromatic rings. The maximum absolute atomic E-state index is 3.96. The lowest BCUT2D eigenvalue weighted by Gasteiger charge is -2.32. The van der Waals surface area contributed by atoms with E-state index in [0.717, 1.165) is 6.42 Å². The van der Waals surface area contributed by atoms with Crippen molar-refractivity contribution in [1.82, 2.24) is 5.32 Å². The second-order valence-electron chi connectivity index (χ2n) is 4.27. The van der Waals surface area contributed by atoms with E-state index in [1.54, 1.807) is 0 Å². The van der Waals surface area contributed by atoms with Gasteiger partial charge < -0.3 is 5.32 Å². The normalized spacial score (nSPS) is 14.8. The summed E-state index contributed by atoms with van der Waals surface area (Å²) in [6, 6.07) is 0. The molecule has 0 amide bonds. The molecule has 0 bridgehead atoms. The Morgan fingerprint density at radius 3 is 2.38 bits per heavy atom. The van der Waals surface area contributed by atoms with Gasteiger partial charge in [0, 0.05) is 5.54 Å². The van der Waals surface area contributed by atoms with Crippen molar-refractivity contribution in [2.45, 2.75) is 39.7 Å². The molecule has 1 unspecified atom stereocenters. The third-order valence-electron chi connectivity index (χ3n) is 2.56. The minimum Gasteiger partial charge on any atom is -0.314 e. The largest absolute Gasteiger partial charge is 0.314 e. The first kappa shape index (κ1) is 12.4. The summed E-state index contributed by atoms with van der Waals surface area (Å²) in [7, 11) is 2.01. The first-order chi connectivity index (χ1) is 5.94. The van der Waals surface area contributed by atoms with Crippen LogP contribution < -0.4 is 5.32 Å². The summed E-state index contributed by atoms with van der Waals surface area (Å²) in [6.45, 7) is 12.6. The van der Waals surface area contributed by atoms with E-state index in [2.05, 4.69) is 51.7 Å². The number of allylic oxidation sites excluding steroid dienone is 2. The van der Waals surface area contributed by atoms with Crippen molar-refractivity contribution in [3.63, 3.8) is 0 Å². The molecule has 1 atom stereocenters. The van der Waals surface area contributed by atoms with Gasteiger partial charge in [-0.3, -0.25) is 0 Å². The van der Waals surface area contributed by atoms with Gasteiger partial charge in [-0.2, -0.15) is 0 Å². The van der Waals surface area contributed by atoms with Crippen molar-refractivity contribution in [3.8, 4) is 0 Å². The van der Waals surface area contributed by atoms with Crippen LogP contribution in [-0.2, 0) is 0 Å². The molecule has 1 heteroatoms. The van der Waals surface area contributed by atoms with E-state index in [9.17, 15) is 0 Å². The molecule has 13 heavy (non-hydrogen) atoms. The predicted molar refractivity (Wildman–Crippen MR) is 60.9 cm³/mol. The summed E-state index contributed by atoms with van der Waals surface area (Å²) in [5, 5.41) is 3.34. The van der Waals surface area contributed by atoms with Crippen molar-refractivity contribution in [1.29, 1.82) is 0 Å². The van der Waals surface area contributed by atoms with E-state index in [1.807, 2.05) is 7.05 Å². The molecule has 1 nitrogen and oxygen atoms in total. The summed E-state index contributed by atoms with van der Waals surface area (Å²) < 4.78 is 0. The van der Waals surface area contributed by atoms with Crippen LogP contribution in [0.15, 0.2) is 24.3 Å². The van der Waals surface area contributed by atoms with Crippen LogP contribution in [0.1, 0.15) is 34.1 Å². The Hall–Kier alpha value is -0.560. The molecule has 0 radical (unpaired) electrons. The molecule has 0 spiro atoms. The average molecular weight is 181 g/mol. The van der Waals surface area contributed by atoms with Gasteiger partial charge in [0.25, 0.3) is 0 Å². The number of hydrogen-bond donors (Lipinski definition) is 1. The lowest BCUT2D eigenvalue weighted by molar-refractivity contribution is 0.316. The molecule has 1 N–H and O–H groups in total. The molecule has 0 aliphatic carbocycles. The van der Waals surface area contributed by atoms with Crippen LogP contribution in [0.5, 0.6) is 0 Å². The topological polar surface area (TPSA) is 12.0 Å². The van der Waals surface area contributed by atoms with E-state index in [-0.39, 0.29) is 5.54 Å². The van der Waals surface area contributed by atoms with Crippen LogP contribution >= 0.6 is 0 Å². The quantitative estimate of drug-likeness (QED) is 0.642. The molecule has 76 valence electrons. The third-order valence-corrected chi connectivity index (χ3v) is 2.56. The van der Waals surface area contributed by atoms with Crippen LogP contribution in [0, 0.1) is 5.92 Å². The number of nitrogens with one attached hydrogen (secondary N) is 1. The van der Waals surface area contributed by atoms with E-state index in [4.69, 9.17) is 0 Å². The summed E-state index contributed by atoms with van der Waals surface area (Å²) in [4.78, 5) is 0. The maximum Gasteiger partial charge on any atom is 0.0187 e. The number of hydrogen-bond acceptors (Lipinski definition) is 1. The predicted octanol–water partition coefficient (Wildman–Crippen LogP) is 3.14. The zero-order valence-corrected chi connectivity index (χ0v) is 9.65. The molecule has 0 aliphatic rings. The molecule has 0 heterocycles. The van der Waals surface area contributed by atoms with Gasteiger partial charge in [0.2, 0.25) is 0 Å². The Morgan fingerprint density at radius 2 is 2.08 bits per heavy atom. The van der Waals surface area contributed by atoms with Gasteiger partial charge in [-0.05, 0) is 47.1 Å². The fraction of sp³-hybridized carbons (Fsp3) is 0.667. The standard InChI is InChI=1S/C12H23N/c1-7-8-11(9-10(2)3)12(4,5)13-6/h7-8,11,13H,2,9H2,1,3-6H3/b8-7+. The molecule has 0 aromatic carbocycles. The van der Waals surface area contributed by atoms with Gasteiger partial charge in [0.05, 0.1) is 0 Å². The van der Waals surface area contributed by atoms with Crippen molar-refractivity contribution in [2.24, 2.45) is 5.92 Å². The van der Waals surface area contributed by atoms with Crippen molar-refractivity contribution >= 4 is 0 Å². The lowest BCUT2D eigenvalue weighted by Crippen LogP contribution is -2.43. The molecule has 0 saturated heterocycles. The van der Waals surface area contributed by atoms with Crippen LogP contribution in [-0.4, -0.2) is 12.6 Å². The van der Waals surface area contributed by atoms with E-state index in [1.165, 1.54) is 5.57 Å². The third kappa shape index (κ3) is 4.28. The smallest absolute Gasteiger partial charge is 0.0187 e. The number of rotatable bonds is 5. The summed E-state index contributed by atoms with van der Waals surface area (Å²) in [5.41, 5.74) is 1.39. The molecular formula is C12H23N. The fourth-order valence-corrected chi connectivity index (χ4v) is 1.36. The van der Waals surface area contributed by atoms with Gasteiger partial charge in [-0.25, -0.2) is 0 Å². The fourth-order valence-electron chi connectivity index (χ4n) is 1.36. The average Bonchev–Trinajstić information content (AvgIpc) is 2.03. The van der Waals surface area contributed by atoms with Gasteiger partial charge in [0.1, 0.15) is 0 Å². The van der Waals surface area contributed by atoms with Gasteiger partial charge in [-0.15, -0.1) is 6.58 Å². The van der Waals surface area contributed by atoms with Crippen LogP contribution in [0.4, 0.5) is 0 Å². The molecule has 0 rings (SSSR count). The molecule has 0 saturated carbocycles. The van der Waals surface area contributed by atoms with E-state index in [0.29, 0.717) is 5.92 Å². The Bertz CT molecular complexity index is 189. The Balaban J connectivity index is 4.49. The monoisotopic (exact) mass is 181 g/mol. The zero-order valence-electron chi connectivity index (χ0n) is 9.65. The Kier molecular flexibility index (Phi) is 5.01. The SMILES string of the molecule is C=C(C)CC(/C=C/C)C(C)(C)NC. The lowest BCUT2D eigenvalue weighted by atomic mass is 9.83. The minimum absolute atomic E-state index is 0.144. The van der Waals surface area contributed by atoms with E-state index < -0.39 is 0 Å². The van der Waals surface area contributed by atoms with Crippen LogP contribution in [0.2, 0.25) is 0 Å². The first-order valence-electron chi connectivity index (χ1n) is 4.90.